The molecule has 1 aromatic carbocycles. The van der Waals surface area contributed by atoms with E-state index in [1.165, 1.54) is 34.8 Å². The Kier molecular flexibility index (Phi) is 5.44. The van der Waals surface area contributed by atoms with Crippen LogP contribution in [0, 0.1) is 0 Å². The fourth-order valence-electron chi connectivity index (χ4n) is 3.69. The number of benzene rings is 1. The van der Waals surface area contributed by atoms with E-state index in [-0.39, 0.29) is 5.56 Å². The Hall–Kier alpha value is -2.82. The van der Waals surface area contributed by atoms with Crippen molar-refractivity contribution in [2.24, 2.45) is 0 Å². The average Bonchev–Trinajstić information content (AvgIpc) is 3.46. The quantitative estimate of drug-likeness (QED) is 0.442. The van der Waals surface area contributed by atoms with Gasteiger partial charge in [0.05, 0.1) is 27.4 Å². The molecule has 32 heavy (non-hydrogen) atoms. The summed E-state index contributed by atoms with van der Waals surface area (Å²) in [5.74, 6) is 0.609. The molecule has 5 nitrogen and oxygen atoms in total. The van der Waals surface area contributed by atoms with Gasteiger partial charge in [-0.05, 0) is 23.6 Å². The SMILES string of the molecule is O=c1[nH]c(-c2cccs2)nc2c1CN(Cc1csc(-c3ccc(C(F)(F)F)cc3)n1)CC2. The highest BCUT2D eigenvalue weighted by atomic mass is 32.1. The van der Waals surface area contributed by atoms with Crippen LogP contribution < -0.4 is 5.56 Å². The van der Waals surface area contributed by atoms with Crippen LogP contribution in [0.4, 0.5) is 13.2 Å². The summed E-state index contributed by atoms with van der Waals surface area (Å²) in [6.07, 6.45) is -3.68. The number of hydrogen-bond acceptors (Lipinski definition) is 6. The molecule has 0 aliphatic carbocycles. The Morgan fingerprint density at radius 3 is 2.62 bits per heavy atom. The lowest BCUT2D eigenvalue weighted by atomic mass is 10.1. The maximum Gasteiger partial charge on any atom is 0.416 e. The van der Waals surface area contributed by atoms with Crippen LogP contribution in [0.5, 0.6) is 0 Å². The summed E-state index contributed by atoms with van der Waals surface area (Å²) >= 11 is 2.93. The summed E-state index contributed by atoms with van der Waals surface area (Å²) in [6, 6.07) is 8.89. The lowest BCUT2D eigenvalue weighted by molar-refractivity contribution is -0.137. The third-order valence-corrected chi connectivity index (χ3v) is 7.12. The Bertz CT molecular complexity index is 1290. The molecule has 0 saturated carbocycles. The molecule has 10 heteroatoms. The Morgan fingerprint density at radius 1 is 1.09 bits per heavy atom. The van der Waals surface area contributed by atoms with E-state index >= 15 is 0 Å². The number of aromatic nitrogens is 3. The summed E-state index contributed by atoms with van der Waals surface area (Å²) in [6.45, 7) is 1.79. The van der Waals surface area contributed by atoms with Gasteiger partial charge < -0.3 is 4.98 Å². The summed E-state index contributed by atoms with van der Waals surface area (Å²) in [5.41, 5.74) is 2.19. The number of rotatable bonds is 4. The molecule has 0 fully saturated rings. The monoisotopic (exact) mass is 474 g/mol. The van der Waals surface area contributed by atoms with Crippen molar-refractivity contribution in [2.75, 3.05) is 6.54 Å². The summed E-state index contributed by atoms with van der Waals surface area (Å²) < 4.78 is 38.3. The van der Waals surface area contributed by atoms with Gasteiger partial charge in [0.15, 0.2) is 5.82 Å². The minimum Gasteiger partial charge on any atom is -0.306 e. The largest absolute Gasteiger partial charge is 0.416 e. The molecule has 1 aliphatic heterocycles. The maximum atomic E-state index is 12.8. The van der Waals surface area contributed by atoms with Crippen molar-refractivity contribution >= 4 is 22.7 Å². The molecular formula is C22H17F3N4OS2. The van der Waals surface area contributed by atoms with Crippen LogP contribution in [-0.4, -0.2) is 26.4 Å². The summed E-state index contributed by atoms with van der Waals surface area (Å²) in [7, 11) is 0. The molecular weight excluding hydrogens is 457 g/mol. The number of halogens is 3. The molecule has 5 rings (SSSR count). The summed E-state index contributed by atoms with van der Waals surface area (Å²) in [5, 5.41) is 4.53. The van der Waals surface area contributed by atoms with Gasteiger partial charge in [0.25, 0.3) is 5.56 Å². The Balaban J connectivity index is 1.30. The van der Waals surface area contributed by atoms with Gasteiger partial charge >= 0.3 is 6.18 Å². The van der Waals surface area contributed by atoms with Crippen molar-refractivity contribution in [1.82, 2.24) is 19.9 Å². The van der Waals surface area contributed by atoms with E-state index in [0.717, 1.165) is 34.9 Å². The van der Waals surface area contributed by atoms with E-state index in [4.69, 9.17) is 0 Å². The van der Waals surface area contributed by atoms with Crippen LogP contribution >= 0.6 is 22.7 Å². The lowest BCUT2D eigenvalue weighted by Gasteiger charge is -2.26. The van der Waals surface area contributed by atoms with Crippen LogP contribution in [0.25, 0.3) is 21.3 Å². The number of aromatic amines is 1. The molecule has 164 valence electrons. The first-order valence-corrected chi connectivity index (χ1v) is 11.6. The third-order valence-electron chi connectivity index (χ3n) is 5.30. The minimum atomic E-state index is -4.35. The highest BCUT2D eigenvalue weighted by Crippen LogP contribution is 2.32. The van der Waals surface area contributed by atoms with Crippen LogP contribution in [-0.2, 0) is 25.7 Å². The number of fused-ring (bicyclic) bond motifs is 1. The minimum absolute atomic E-state index is 0.119. The highest BCUT2D eigenvalue weighted by Gasteiger charge is 2.30. The van der Waals surface area contributed by atoms with Crippen molar-refractivity contribution < 1.29 is 13.2 Å². The number of hydrogen-bond donors (Lipinski definition) is 1. The molecule has 0 bridgehead atoms. The van der Waals surface area contributed by atoms with Crippen LogP contribution in [0.2, 0.25) is 0 Å². The van der Waals surface area contributed by atoms with Gasteiger partial charge in [0.2, 0.25) is 0 Å². The fourth-order valence-corrected chi connectivity index (χ4v) is 5.18. The van der Waals surface area contributed by atoms with Gasteiger partial charge in [-0.3, -0.25) is 9.69 Å². The first kappa shape index (κ1) is 21.0. The van der Waals surface area contributed by atoms with E-state index in [0.29, 0.717) is 41.5 Å². The van der Waals surface area contributed by atoms with Gasteiger partial charge in [-0.2, -0.15) is 13.2 Å². The number of alkyl halides is 3. The second-order valence-corrected chi connectivity index (χ2v) is 9.30. The van der Waals surface area contributed by atoms with E-state index < -0.39 is 11.7 Å². The molecule has 4 aromatic rings. The van der Waals surface area contributed by atoms with Crippen molar-refractivity contribution in [3.8, 4) is 21.3 Å². The molecule has 0 saturated heterocycles. The normalized spacial score (nSPS) is 14.5. The zero-order valence-corrected chi connectivity index (χ0v) is 18.3. The van der Waals surface area contributed by atoms with E-state index in [9.17, 15) is 18.0 Å². The smallest absolute Gasteiger partial charge is 0.306 e. The summed E-state index contributed by atoms with van der Waals surface area (Å²) in [4.78, 5) is 27.9. The van der Waals surface area contributed by atoms with Crippen molar-refractivity contribution in [2.45, 2.75) is 25.7 Å². The van der Waals surface area contributed by atoms with Crippen molar-refractivity contribution in [3.05, 3.63) is 80.0 Å². The Labute approximate surface area is 189 Å². The second-order valence-electron chi connectivity index (χ2n) is 7.50. The van der Waals surface area contributed by atoms with Gasteiger partial charge in [0.1, 0.15) is 5.01 Å². The average molecular weight is 475 g/mol. The number of nitrogens with zero attached hydrogens (tertiary/aromatic N) is 3. The van der Waals surface area contributed by atoms with Gasteiger partial charge in [-0.25, -0.2) is 9.97 Å². The molecule has 0 unspecified atom stereocenters. The van der Waals surface area contributed by atoms with E-state index in [1.807, 2.05) is 22.9 Å². The molecule has 1 N–H and O–H groups in total. The van der Waals surface area contributed by atoms with Gasteiger partial charge in [-0.1, -0.05) is 18.2 Å². The van der Waals surface area contributed by atoms with Crippen molar-refractivity contribution in [3.63, 3.8) is 0 Å². The first-order valence-electron chi connectivity index (χ1n) is 9.87. The first-order chi connectivity index (χ1) is 15.4. The molecule has 0 atom stereocenters. The predicted octanol–water partition coefficient (Wildman–Crippen LogP) is 5.20. The third kappa shape index (κ3) is 4.25. The van der Waals surface area contributed by atoms with Gasteiger partial charge in [0, 0.05) is 37.0 Å². The molecule has 0 spiro atoms. The molecule has 0 radical (unpaired) electrons. The van der Waals surface area contributed by atoms with Crippen LogP contribution in [0.15, 0.2) is 52.0 Å². The highest BCUT2D eigenvalue weighted by molar-refractivity contribution is 7.13. The number of H-pyrrole nitrogens is 1. The molecule has 1 aliphatic rings. The lowest BCUT2D eigenvalue weighted by Crippen LogP contribution is -2.35. The number of nitrogens with one attached hydrogen (secondary N) is 1. The van der Waals surface area contributed by atoms with Crippen LogP contribution in [0.1, 0.15) is 22.5 Å². The predicted molar refractivity (Wildman–Crippen MR) is 119 cm³/mol. The fraction of sp³-hybridized carbons (Fsp3) is 0.227. The zero-order chi connectivity index (χ0) is 22.3. The standard InChI is InChI=1S/C22H17F3N4OS2/c23-22(24,25)14-5-3-13(4-6-14)21-26-15(12-32-21)10-29-8-7-17-16(11-29)20(30)28-19(27-17)18-2-1-9-31-18/h1-6,9,12H,7-8,10-11H2,(H,27,28,30). The number of thiazole rings is 1. The van der Waals surface area contributed by atoms with Crippen LogP contribution in [0.3, 0.4) is 0 Å². The maximum absolute atomic E-state index is 12.8. The second kappa shape index (κ2) is 8.27. The van der Waals surface area contributed by atoms with Gasteiger partial charge in [-0.15, -0.1) is 22.7 Å². The van der Waals surface area contributed by atoms with E-state index in [2.05, 4.69) is 19.9 Å². The van der Waals surface area contributed by atoms with E-state index in [1.54, 1.807) is 0 Å². The zero-order valence-electron chi connectivity index (χ0n) is 16.6. The molecule has 0 amide bonds. The molecule has 4 heterocycles. The number of thiophene rings is 1. The Morgan fingerprint density at radius 2 is 1.91 bits per heavy atom. The van der Waals surface area contributed by atoms with Crippen molar-refractivity contribution in [1.29, 1.82) is 0 Å². The topological polar surface area (TPSA) is 61.9 Å². The molecule has 3 aromatic heterocycles.